The first-order chi connectivity index (χ1) is 7.16. The second-order valence-electron chi connectivity index (χ2n) is 3.83. The highest BCUT2D eigenvalue weighted by Crippen LogP contribution is 2.29. The molecule has 1 aromatic heterocycles. The molecule has 0 aliphatic carbocycles. The molecule has 15 heavy (non-hydrogen) atoms. The van der Waals surface area contributed by atoms with Crippen molar-refractivity contribution < 1.29 is 5.11 Å². The van der Waals surface area contributed by atoms with Gasteiger partial charge in [0.25, 0.3) is 0 Å². The summed E-state index contributed by atoms with van der Waals surface area (Å²) in [5.41, 5.74) is 8.68. The Hall–Kier alpha value is -1.32. The third kappa shape index (κ3) is 1.44. The van der Waals surface area contributed by atoms with E-state index in [9.17, 15) is 5.11 Å². The second kappa shape index (κ2) is 3.68. The van der Waals surface area contributed by atoms with E-state index in [1.54, 1.807) is 0 Å². The molecular weight excluding hydrogens is 188 g/mol. The van der Waals surface area contributed by atoms with Gasteiger partial charge in [0.15, 0.2) is 0 Å². The molecule has 0 fully saturated rings. The molecule has 0 aliphatic rings. The Labute approximate surface area is 89.1 Å². The van der Waals surface area contributed by atoms with Crippen LogP contribution in [-0.4, -0.2) is 16.2 Å². The fourth-order valence-electron chi connectivity index (χ4n) is 2.09. The Morgan fingerprint density at radius 2 is 2.07 bits per heavy atom. The number of fused-ring (bicyclic) bond motifs is 1. The van der Waals surface area contributed by atoms with Crippen molar-refractivity contribution in [3.63, 3.8) is 0 Å². The van der Waals surface area contributed by atoms with E-state index in [-0.39, 0.29) is 6.54 Å². The summed E-state index contributed by atoms with van der Waals surface area (Å²) >= 11 is 0. The van der Waals surface area contributed by atoms with Gasteiger partial charge >= 0.3 is 0 Å². The van der Waals surface area contributed by atoms with Gasteiger partial charge in [-0.05, 0) is 13.0 Å². The van der Waals surface area contributed by atoms with Gasteiger partial charge in [-0.15, -0.1) is 0 Å². The Bertz CT molecular complexity index is 488. The molecule has 0 aliphatic heterocycles. The minimum Gasteiger partial charge on any atom is -0.387 e. The van der Waals surface area contributed by atoms with E-state index in [0.717, 1.165) is 22.2 Å². The van der Waals surface area contributed by atoms with E-state index < -0.39 is 6.10 Å². The average Bonchev–Trinajstić information content (AvgIpc) is 2.52. The normalized spacial score (nSPS) is 13.3. The molecule has 3 nitrogen and oxygen atoms in total. The summed E-state index contributed by atoms with van der Waals surface area (Å²) in [7, 11) is 2.00. The van der Waals surface area contributed by atoms with Gasteiger partial charge in [0.2, 0.25) is 0 Å². The van der Waals surface area contributed by atoms with Crippen LogP contribution in [0.5, 0.6) is 0 Å². The number of aliphatic hydroxyl groups excluding tert-OH is 1. The van der Waals surface area contributed by atoms with Crippen LogP contribution in [0.2, 0.25) is 0 Å². The van der Waals surface area contributed by atoms with E-state index in [0.29, 0.717) is 0 Å². The van der Waals surface area contributed by atoms with Gasteiger partial charge in [0, 0.05) is 35.8 Å². The summed E-state index contributed by atoms with van der Waals surface area (Å²) in [6.07, 6.45) is -0.573. The largest absolute Gasteiger partial charge is 0.387 e. The first-order valence-corrected chi connectivity index (χ1v) is 5.09. The molecule has 0 radical (unpaired) electrons. The van der Waals surface area contributed by atoms with Gasteiger partial charge in [0.05, 0.1) is 6.10 Å². The van der Waals surface area contributed by atoms with E-state index in [1.807, 2.05) is 32.2 Å². The molecule has 0 bridgehead atoms. The zero-order valence-electron chi connectivity index (χ0n) is 9.07. The number of para-hydroxylation sites is 1. The molecule has 2 aromatic rings. The lowest BCUT2D eigenvalue weighted by atomic mass is 10.1. The number of benzene rings is 1. The van der Waals surface area contributed by atoms with Crippen molar-refractivity contribution in [2.75, 3.05) is 6.54 Å². The average molecular weight is 204 g/mol. The van der Waals surface area contributed by atoms with Crippen LogP contribution in [0, 0.1) is 6.92 Å². The molecule has 0 spiro atoms. The first kappa shape index (κ1) is 10.2. The maximum absolute atomic E-state index is 9.88. The third-order valence-corrected chi connectivity index (χ3v) is 3.00. The smallest absolute Gasteiger partial charge is 0.0935 e. The van der Waals surface area contributed by atoms with Gasteiger partial charge in [-0.3, -0.25) is 0 Å². The summed E-state index contributed by atoms with van der Waals surface area (Å²) < 4.78 is 2.09. The topological polar surface area (TPSA) is 51.2 Å². The van der Waals surface area contributed by atoms with Gasteiger partial charge < -0.3 is 15.4 Å². The second-order valence-corrected chi connectivity index (χ2v) is 3.83. The predicted octanol–water partition coefficient (Wildman–Crippen LogP) is 1.48. The van der Waals surface area contributed by atoms with Gasteiger partial charge in [-0.25, -0.2) is 0 Å². The maximum atomic E-state index is 9.88. The van der Waals surface area contributed by atoms with Crippen molar-refractivity contribution in [2.24, 2.45) is 12.8 Å². The standard InChI is InChI=1S/C12H16N2O/c1-8-12(11(15)7-13)9-5-3-4-6-10(9)14(8)2/h3-6,11,15H,7,13H2,1-2H3. The third-order valence-electron chi connectivity index (χ3n) is 3.00. The van der Waals surface area contributed by atoms with Crippen LogP contribution < -0.4 is 5.73 Å². The number of hydrogen-bond donors (Lipinski definition) is 2. The summed E-state index contributed by atoms with van der Waals surface area (Å²) in [5, 5.41) is 11.0. The van der Waals surface area contributed by atoms with E-state index in [1.165, 1.54) is 0 Å². The van der Waals surface area contributed by atoms with Crippen LogP contribution in [0.25, 0.3) is 10.9 Å². The van der Waals surface area contributed by atoms with Crippen LogP contribution in [0.1, 0.15) is 17.4 Å². The van der Waals surface area contributed by atoms with Crippen molar-refractivity contribution >= 4 is 10.9 Å². The zero-order valence-corrected chi connectivity index (χ0v) is 9.07. The van der Waals surface area contributed by atoms with Crippen molar-refractivity contribution in [1.29, 1.82) is 0 Å². The zero-order chi connectivity index (χ0) is 11.0. The highest BCUT2D eigenvalue weighted by atomic mass is 16.3. The SMILES string of the molecule is Cc1c(C(O)CN)c2ccccc2n1C. The monoisotopic (exact) mass is 204 g/mol. The molecule has 1 unspecified atom stereocenters. The lowest BCUT2D eigenvalue weighted by Crippen LogP contribution is -2.12. The number of aromatic nitrogens is 1. The van der Waals surface area contributed by atoms with Gasteiger partial charge in [-0.2, -0.15) is 0 Å². The Morgan fingerprint density at radius 3 is 2.73 bits per heavy atom. The Morgan fingerprint density at radius 1 is 1.40 bits per heavy atom. The molecular formula is C12H16N2O. The summed E-state index contributed by atoms with van der Waals surface area (Å²) in [4.78, 5) is 0. The number of rotatable bonds is 2. The van der Waals surface area contributed by atoms with E-state index in [4.69, 9.17) is 5.73 Å². The van der Waals surface area contributed by atoms with Gasteiger partial charge in [-0.1, -0.05) is 18.2 Å². The predicted molar refractivity (Wildman–Crippen MR) is 61.7 cm³/mol. The van der Waals surface area contributed by atoms with Crippen LogP contribution >= 0.6 is 0 Å². The molecule has 3 heteroatoms. The van der Waals surface area contributed by atoms with Crippen LogP contribution in [0.4, 0.5) is 0 Å². The number of aliphatic hydroxyl groups is 1. The maximum Gasteiger partial charge on any atom is 0.0935 e. The molecule has 0 saturated heterocycles. The molecule has 0 saturated carbocycles. The van der Waals surface area contributed by atoms with E-state index in [2.05, 4.69) is 10.6 Å². The highest BCUT2D eigenvalue weighted by Gasteiger charge is 2.16. The molecule has 2 rings (SSSR count). The molecule has 1 aromatic carbocycles. The quantitative estimate of drug-likeness (QED) is 0.778. The molecule has 1 atom stereocenters. The van der Waals surface area contributed by atoms with Crippen molar-refractivity contribution in [3.8, 4) is 0 Å². The minimum absolute atomic E-state index is 0.259. The number of hydrogen-bond acceptors (Lipinski definition) is 2. The van der Waals surface area contributed by atoms with Crippen molar-refractivity contribution in [3.05, 3.63) is 35.5 Å². The number of nitrogens with zero attached hydrogens (tertiary/aromatic N) is 1. The molecule has 1 heterocycles. The van der Waals surface area contributed by atoms with Crippen LogP contribution in [0.15, 0.2) is 24.3 Å². The van der Waals surface area contributed by atoms with Crippen molar-refractivity contribution in [2.45, 2.75) is 13.0 Å². The first-order valence-electron chi connectivity index (χ1n) is 5.09. The summed E-state index contributed by atoms with van der Waals surface area (Å²) in [5.74, 6) is 0. The fraction of sp³-hybridized carbons (Fsp3) is 0.333. The van der Waals surface area contributed by atoms with Crippen LogP contribution in [-0.2, 0) is 7.05 Å². The number of aryl methyl sites for hydroxylation is 1. The highest BCUT2D eigenvalue weighted by molar-refractivity contribution is 5.85. The Balaban J connectivity index is 2.77. The van der Waals surface area contributed by atoms with Crippen LogP contribution in [0.3, 0.4) is 0 Å². The fourth-order valence-corrected chi connectivity index (χ4v) is 2.09. The molecule has 3 N–H and O–H groups in total. The Kier molecular flexibility index (Phi) is 2.50. The van der Waals surface area contributed by atoms with Gasteiger partial charge in [0.1, 0.15) is 0 Å². The van der Waals surface area contributed by atoms with E-state index >= 15 is 0 Å². The molecule has 80 valence electrons. The lowest BCUT2D eigenvalue weighted by molar-refractivity contribution is 0.187. The lowest BCUT2D eigenvalue weighted by Gasteiger charge is -2.08. The summed E-state index contributed by atoms with van der Waals surface area (Å²) in [6, 6.07) is 8.06. The minimum atomic E-state index is -0.573. The summed E-state index contributed by atoms with van der Waals surface area (Å²) in [6.45, 7) is 2.27. The molecule has 0 amide bonds. The van der Waals surface area contributed by atoms with Crippen molar-refractivity contribution in [1.82, 2.24) is 4.57 Å². The number of nitrogens with two attached hydrogens (primary N) is 1.